The number of hydrogen-bond acceptors (Lipinski definition) is 3. The number of hydrogen-bond donors (Lipinski definition) is 1. The lowest BCUT2D eigenvalue weighted by Gasteiger charge is -2.31. The molecule has 0 spiro atoms. The molecule has 156 valence electrons. The minimum Gasteiger partial charge on any atom is -0.497 e. The second-order valence-corrected chi connectivity index (χ2v) is 7.64. The van der Waals surface area contributed by atoms with Gasteiger partial charge < -0.3 is 15.0 Å². The second kappa shape index (κ2) is 10.5. The van der Waals surface area contributed by atoms with Gasteiger partial charge in [0.15, 0.2) is 0 Å². The number of methoxy groups -OCH3 is 1. The summed E-state index contributed by atoms with van der Waals surface area (Å²) in [4.78, 5) is 26.7. The highest BCUT2D eigenvalue weighted by molar-refractivity contribution is 5.94. The monoisotopic (exact) mass is 404 g/mol. The van der Waals surface area contributed by atoms with E-state index in [1.54, 1.807) is 7.11 Å². The van der Waals surface area contributed by atoms with Crippen LogP contribution in [0.4, 0.5) is 5.69 Å². The Labute approximate surface area is 178 Å². The van der Waals surface area contributed by atoms with Crippen molar-refractivity contribution in [3.05, 3.63) is 59.7 Å². The third-order valence-electron chi connectivity index (χ3n) is 5.38. The van der Waals surface area contributed by atoms with Crippen molar-refractivity contribution in [2.45, 2.75) is 32.6 Å². The Morgan fingerprint density at radius 3 is 2.73 bits per heavy atom. The molecule has 2 aromatic rings. The van der Waals surface area contributed by atoms with Crippen molar-refractivity contribution in [2.75, 3.05) is 25.5 Å². The molecule has 5 heteroatoms. The van der Waals surface area contributed by atoms with Crippen LogP contribution in [0.2, 0.25) is 0 Å². The third kappa shape index (κ3) is 6.12. The number of carbonyl (C=O) groups is 2. The van der Waals surface area contributed by atoms with Crippen molar-refractivity contribution < 1.29 is 14.3 Å². The maximum absolute atomic E-state index is 12.4. The predicted molar refractivity (Wildman–Crippen MR) is 118 cm³/mol. The van der Waals surface area contributed by atoms with Crippen LogP contribution in [0.1, 0.15) is 36.8 Å². The van der Waals surface area contributed by atoms with E-state index in [1.165, 1.54) is 0 Å². The Kier molecular flexibility index (Phi) is 7.51. The first-order chi connectivity index (χ1) is 14.5. The first-order valence-corrected chi connectivity index (χ1v) is 10.4. The second-order valence-electron chi connectivity index (χ2n) is 7.64. The van der Waals surface area contributed by atoms with Crippen LogP contribution in [-0.2, 0) is 9.59 Å². The maximum atomic E-state index is 12.4. The summed E-state index contributed by atoms with van der Waals surface area (Å²) in [7, 11) is 1.62. The number of piperidine rings is 1. The summed E-state index contributed by atoms with van der Waals surface area (Å²) in [5, 5.41) is 2.98. The van der Waals surface area contributed by atoms with E-state index in [1.807, 2.05) is 60.4 Å². The molecule has 1 heterocycles. The van der Waals surface area contributed by atoms with Gasteiger partial charge in [-0.1, -0.05) is 24.1 Å². The minimum absolute atomic E-state index is 0.00409. The van der Waals surface area contributed by atoms with Gasteiger partial charge in [0.1, 0.15) is 5.75 Å². The van der Waals surface area contributed by atoms with Gasteiger partial charge in [-0.2, -0.15) is 0 Å². The first kappa shape index (κ1) is 21.4. The zero-order valence-corrected chi connectivity index (χ0v) is 17.6. The molecule has 0 bridgehead atoms. The molecule has 0 radical (unpaired) electrons. The van der Waals surface area contributed by atoms with Gasteiger partial charge in [0.2, 0.25) is 5.91 Å². The standard InChI is InChI=1S/C25H28N2O3/c1-19-17-22(30-2)12-13-23(19)26-24(28)14-10-21-9-6-16-27(18-21)25(29)15-11-20-7-4-3-5-8-20/h3-5,7-8,12-13,17,21H,6,9-10,14,16,18H2,1-2H3,(H,26,28). The number of amides is 2. The van der Waals surface area contributed by atoms with Gasteiger partial charge in [-0.15, -0.1) is 0 Å². The zero-order chi connectivity index (χ0) is 21.3. The van der Waals surface area contributed by atoms with E-state index in [2.05, 4.69) is 17.2 Å². The quantitative estimate of drug-likeness (QED) is 0.766. The van der Waals surface area contributed by atoms with Crippen LogP contribution in [0, 0.1) is 24.7 Å². The molecule has 0 saturated carbocycles. The van der Waals surface area contributed by atoms with Crippen LogP contribution < -0.4 is 10.1 Å². The summed E-state index contributed by atoms with van der Waals surface area (Å²) in [6, 6.07) is 15.1. The van der Waals surface area contributed by atoms with E-state index in [-0.39, 0.29) is 11.8 Å². The van der Waals surface area contributed by atoms with E-state index in [0.717, 1.165) is 48.4 Å². The summed E-state index contributed by atoms with van der Waals surface area (Å²) >= 11 is 0. The average molecular weight is 405 g/mol. The highest BCUT2D eigenvalue weighted by atomic mass is 16.5. The first-order valence-electron chi connectivity index (χ1n) is 10.4. The molecule has 5 nitrogen and oxygen atoms in total. The largest absolute Gasteiger partial charge is 0.497 e. The number of aryl methyl sites for hydroxylation is 1. The Morgan fingerprint density at radius 2 is 2.00 bits per heavy atom. The number of nitrogens with zero attached hydrogens (tertiary/aromatic N) is 1. The van der Waals surface area contributed by atoms with Crippen LogP contribution in [0.5, 0.6) is 5.75 Å². The summed E-state index contributed by atoms with van der Waals surface area (Å²) in [6.07, 6.45) is 3.18. The smallest absolute Gasteiger partial charge is 0.298 e. The molecule has 1 saturated heterocycles. The van der Waals surface area contributed by atoms with Crippen LogP contribution in [0.25, 0.3) is 0 Å². The Bertz CT molecular complexity index is 944. The zero-order valence-electron chi connectivity index (χ0n) is 17.6. The molecule has 3 rings (SSSR count). The third-order valence-corrected chi connectivity index (χ3v) is 5.38. The van der Waals surface area contributed by atoms with Crippen molar-refractivity contribution >= 4 is 17.5 Å². The number of benzene rings is 2. The highest BCUT2D eigenvalue weighted by Crippen LogP contribution is 2.23. The molecular formula is C25H28N2O3. The number of nitrogens with one attached hydrogen (secondary N) is 1. The lowest BCUT2D eigenvalue weighted by atomic mass is 9.93. The fraction of sp³-hybridized carbons (Fsp3) is 0.360. The Morgan fingerprint density at radius 1 is 1.20 bits per heavy atom. The normalized spacial score (nSPS) is 15.7. The maximum Gasteiger partial charge on any atom is 0.298 e. The predicted octanol–water partition coefficient (Wildman–Crippen LogP) is 4.01. The molecule has 2 amide bonds. The van der Waals surface area contributed by atoms with Gasteiger partial charge in [-0.25, -0.2) is 0 Å². The number of anilines is 1. The van der Waals surface area contributed by atoms with Gasteiger partial charge in [0.05, 0.1) is 7.11 Å². The Balaban J connectivity index is 1.48. The molecule has 0 aromatic heterocycles. The van der Waals surface area contributed by atoms with Crippen molar-refractivity contribution in [2.24, 2.45) is 5.92 Å². The lowest BCUT2D eigenvalue weighted by Crippen LogP contribution is -2.39. The SMILES string of the molecule is COc1ccc(NC(=O)CCC2CCCN(C(=O)C#Cc3ccccc3)C2)c(C)c1. The van der Waals surface area contributed by atoms with Crippen LogP contribution >= 0.6 is 0 Å². The van der Waals surface area contributed by atoms with Gasteiger partial charge in [-0.05, 0) is 68.0 Å². The summed E-state index contributed by atoms with van der Waals surface area (Å²) in [6.45, 7) is 3.34. The molecule has 30 heavy (non-hydrogen) atoms. The molecule has 1 fully saturated rings. The number of rotatable bonds is 5. The Hall–Kier alpha value is -3.26. The molecular weight excluding hydrogens is 376 g/mol. The number of carbonyl (C=O) groups excluding carboxylic acids is 2. The molecule has 1 aliphatic rings. The van der Waals surface area contributed by atoms with Gasteiger partial charge >= 0.3 is 0 Å². The summed E-state index contributed by atoms with van der Waals surface area (Å²) in [5.74, 6) is 6.64. The molecule has 2 aromatic carbocycles. The molecule has 1 atom stereocenters. The van der Waals surface area contributed by atoms with E-state index in [0.29, 0.717) is 18.9 Å². The van der Waals surface area contributed by atoms with Gasteiger partial charge in [0, 0.05) is 36.7 Å². The highest BCUT2D eigenvalue weighted by Gasteiger charge is 2.23. The molecule has 0 aliphatic carbocycles. The fourth-order valence-electron chi connectivity index (χ4n) is 3.66. The van der Waals surface area contributed by atoms with Gasteiger partial charge in [-0.3, -0.25) is 9.59 Å². The van der Waals surface area contributed by atoms with Crippen molar-refractivity contribution in [1.29, 1.82) is 0 Å². The van der Waals surface area contributed by atoms with Crippen LogP contribution in [-0.4, -0.2) is 36.9 Å². The van der Waals surface area contributed by atoms with Crippen LogP contribution in [0.3, 0.4) is 0 Å². The van der Waals surface area contributed by atoms with Crippen molar-refractivity contribution in [3.63, 3.8) is 0 Å². The van der Waals surface area contributed by atoms with E-state index in [9.17, 15) is 9.59 Å². The van der Waals surface area contributed by atoms with Crippen LogP contribution in [0.15, 0.2) is 48.5 Å². The van der Waals surface area contributed by atoms with E-state index >= 15 is 0 Å². The number of likely N-dealkylation sites (tertiary alicyclic amines) is 1. The van der Waals surface area contributed by atoms with E-state index in [4.69, 9.17) is 4.74 Å². The van der Waals surface area contributed by atoms with Crippen molar-refractivity contribution in [3.8, 4) is 17.6 Å². The summed E-state index contributed by atoms with van der Waals surface area (Å²) < 4.78 is 5.20. The fourth-order valence-corrected chi connectivity index (χ4v) is 3.66. The van der Waals surface area contributed by atoms with Gasteiger partial charge in [0.25, 0.3) is 5.91 Å². The average Bonchev–Trinajstić information content (AvgIpc) is 2.78. The molecule has 1 unspecified atom stereocenters. The minimum atomic E-state index is -0.137. The molecule has 1 aliphatic heterocycles. The van der Waals surface area contributed by atoms with E-state index < -0.39 is 0 Å². The molecule has 1 N–H and O–H groups in total. The van der Waals surface area contributed by atoms with Crippen molar-refractivity contribution in [1.82, 2.24) is 4.90 Å². The number of ether oxygens (including phenoxy) is 1. The topological polar surface area (TPSA) is 58.6 Å². The summed E-state index contributed by atoms with van der Waals surface area (Å²) in [5.41, 5.74) is 2.61. The lowest BCUT2D eigenvalue weighted by molar-refractivity contribution is -0.126.